The van der Waals surface area contributed by atoms with Gasteiger partial charge in [-0.1, -0.05) is 18.2 Å². The van der Waals surface area contributed by atoms with Crippen molar-refractivity contribution < 1.29 is 13.9 Å². The maximum atomic E-state index is 14.1. The highest BCUT2D eigenvalue weighted by molar-refractivity contribution is 6.12. The van der Waals surface area contributed by atoms with E-state index >= 15 is 0 Å². The van der Waals surface area contributed by atoms with Crippen LogP contribution in [-0.2, 0) is 4.79 Å². The summed E-state index contributed by atoms with van der Waals surface area (Å²) in [6, 6.07) is 12.0. The molecule has 186 valence electrons. The summed E-state index contributed by atoms with van der Waals surface area (Å²) >= 11 is 0. The fraction of sp³-hybridized carbons (Fsp3) is 0.321. The van der Waals surface area contributed by atoms with E-state index in [2.05, 4.69) is 9.88 Å². The summed E-state index contributed by atoms with van der Waals surface area (Å²) in [6.07, 6.45) is 6.29. The average Bonchev–Trinajstić information content (AvgIpc) is 3.31. The van der Waals surface area contributed by atoms with Crippen LogP contribution in [0.25, 0.3) is 11.8 Å². The maximum Gasteiger partial charge on any atom is 0.259 e. The van der Waals surface area contributed by atoms with Crippen molar-refractivity contribution in [2.24, 2.45) is 4.99 Å². The van der Waals surface area contributed by atoms with Crippen LogP contribution in [0, 0.1) is 12.7 Å². The Kier molecular flexibility index (Phi) is 5.90. The average molecular weight is 488 g/mol. The maximum absolute atomic E-state index is 14.1. The molecule has 0 N–H and O–H groups in total. The lowest BCUT2D eigenvalue weighted by Crippen LogP contribution is -2.63. The van der Waals surface area contributed by atoms with Crippen LogP contribution < -0.4 is 4.74 Å². The summed E-state index contributed by atoms with van der Waals surface area (Å²) in [7, 11) is 3.59. The number of guanidine groups is 1. The topological polar surface area (TPSA) is 63.0 Å². The monoisotopic (exact) mass is 487 g/mol. The number of fused-ring (bicyclic) bond motifs is 1. The van der Waals surface area contributed by atoms with E-state index in [1.54, 1.807) is 30.5 Å². The molecule has 1 fully saturated rings. The number of halogens is 1. The van der Waals surface area contributed by atoms with E-state index in [0.29, 0.717) is 30.2 Å². The lowest BCUT2D eigenvalue weighted by Gasteiger charge is -2.51. The Morgan fingerprint density at radius 1 is 1.17 bits per heavy atom. The zero-order valence-corrected chi connectivity index (χ0v) is 21.2. The number of aryl methyl sites for hydroxylation is 1. The van der Waals surface area contributed by atoms with Crippen molar-refractivity contribution in [1.29, 1.82) is 0 Å². The van der Waals surface area contributed by atoms with E-state index < -0.39 is 5.54 Å². The molecule has 0 spiro atoms. The number of amides is 1. The number of aliphatic imine (C=N–C) groups is 1. The highest BCUT2D eigenvalue weighted by Gasteiger charge is 2.48. The van der Waals surface area contributed by atoms with Crippen LogP contribution in [0.2, 0.25) is 0 Å². The quantitative estimate of drug-likeness (QED) is 0.498. The Bertz CT molecular complexity index is 1370. The van der Waals surface area contributed by atoms with E-state index in [4.69, 9.17) is 9.73 Å². The van der Waals surface area contributed by atoms with Gasteiger partial charge >= 0.3 is 0 Å². The minimum Gasteiger partial charge on any atom is -0.495 e. The van der Waals surface area contributed by atoms with Crippen LogP contribution in [0.4, 0.5) is 4.39 Å². The Labute approximate surface area is 210 Å². The molecule has 5 rings (SSSR count). The Morgan fingerprint density at radius 3 is 2.58 bits per heavy atom. The van der Waals surface area contributed by atoms with E-state index in [-0.39, 0.29) is 17.8 Å². The van der Waals surface area contributed by atoms with Gasteiger partial charge in [0, 0.05) is 25.4 Å². The molecule has 2 aromatic carbocycles. The first-order valence-electron chi connectivity index (χ1n) is 12.0. The highest BCUT2D eigenvalue weighted by atomic mass is 19.1. The number of methoxy groups -OCH3 is 1. The molecular formula is C28H30FN5O2. The van der Waals surface area contributed by atoms with Gasteiger partial charge in [-0.05, 0) is 68.7 Å². The zero-order chi connectivity index (χ0) is 25.6. The Balaban J connectivity index is 1.56. The van der Waals surface area contributed by atoms with Gasteiger partial charge < -0.3 is 14.2 Å². The van der Waals surface area contributed by atoms with E-state index in [0.717, 1.165) is 22.5 Å². The fourth-order valence-electron chi connectivity index (χ4n) is 4.91. The van der Waals surface area contributed by atoms with Gasteiger partial charge in [-0.15, -0.1) is 0 Å². The van der Waals surface area contributed by atoms with E-state index in [1.807, 2.05) is 62.9 Å². The number of hydrogen-bond acceptors (Lipinski definition) is 5. The number of nitrogens with zero attached hydrogens (tertiary/aromatic N) is 5. The normalized spacial score (nSPS) is 20.4. The van der Waals surface area contributed by atoms with Crippen LogP contribution in [0.5, 0.6) is 5.75 Å². The van der Waals surface area contributed by atoms with Crippen molar-refractivity contribution in [1.82, 2.24) is 19.4 Å². The summed E-state index contributed by atoms with van der Waals surface area (Å²) in [4.78, 5) is 26.9. The Hall–Kier alpha value is -3.94. The molecule has 3 heterocycles. The fourth-order valence-corrected chi connectivity index (χ4v) is 4.91. The van der Waals surface area contributed by atoms with Crippen LogP contribution in [0.1, 0.15) is 43.1 Å². The van der Waals surface area contributed by atoms with Crippen molar-refractivity contribution in [2.45, 2.75) is 38.8 Å². The molecule has 7 nitrogen and oxygen atoms in total. The first-order valence-corrected chi connectivity index (χ1v) is 12.0. The number of benzene rings is 2. The molecular weight excluding hydrogens is 457 g/mol. The van der Waals surface area contributed by atoms with E-state index in [1.165, 1.54) is 12.1 Å². The minimum absolute atomic E-state index is 0.0980. The molecule has 36 heavy (non-hydrogen) atoms. The largest absolute Gasteiger partial charge is 0.495 e. The van der Waals surface area contributed by atoms with Crippen LogP contribution in [0.3, 0.4) is 0 Å². The molecule has 2 aliphatic heterocycles. The first-order chi connectivity index (χ1) is 17.2. The van der Waals surface area contributed by atoms with Gasteiger partial charge in [0.25, 0.3) is 5.91 Å². The summed E-state index contributed by atoms with van der Waals surface area (Å²) in [6.45, 7) is 6.59. The summed E-state index contributed by atoms with van der Waals surface area (Å²) in [5, 5.41) is 0. The second kappa shape index (κ2) is 8.93. The van der Waals surface area contributed by atoms with Crippen molar-refractivity contribution in [3.05, 3.63) is 83.2 Å². The van der Waals surface area contributed by atoms with Crippen molar-refractivity contribution in [3.63, 3.8) is 0 Å². The number of ether oxygens (including phenoxy) is 1. The molecule has 8 heteroatoms. The number of rotatable bonds is 4. The molecule has 1 aromatic heterocycles. The van der Waals surface area contributed by atoms with Gasteiger partial charge in [0.2, 0.25) is 5.96 Å². The number of carbonyl (C=O) groups excluding carboxylic acids is 1. The number of hydrogen-bond donors (Lipinski definition) is 0. The number of likely N-dealkylation sites (N-methyl/N-ethyl adjacent to an activating group) is 1. The molecule has 0 bridgehead atoms. The zero-order valence-electron chi connectivity index (χ0n) is 21.2. The summed E-state index contributed by atoms with van der Waals surface area (Å²) in [5.74, 6) is 0.932. The lowest BCUT2D eigenvalue weighted by molar-refractivity contribution is -0.129. The van der Waals surface area contributed by atoms with Gasteiger partial charge in [-0.3, -0.25) is 14.7 Å². The SMILES string of the molecule is COc1cc(C=C2C(=O)N3C(=NCCC3c3ccc(F)cc3)N(C)C2(C)C)ccc1-n1cnc(C)c1. The van der Waals surface area contributed by atoms with Gasteiger partial charge in [-0.25, -0.2) is 9.37 Å². The molecule has 3 aromatic rings. The number of carbonyl (C=O) groups is 1. The predicted octanol–water partition coefficient (Wildman–Crippen LogP) is 4.77. The van der Waals surface area contributed by atoms with Crippen molar-refractivity contribution in [2.75, 3.05) is 20.7 Å². The molecule has 0 aliphatic carbocycles. The van der Waals surface area contributed by atoms with Gasteiger partial charge in [0.1, 0.15) is 11.6 Å². The molecule has 1 saturated heterocycles. The van der Waals surface area contributed by atoms with Crippen LogP contribution >= 0.6 is 0 Å². The molecule has 1 atom stereocenters. The van der Waals surface area contributed by atoms with Crippen LogP contribution in [0.15, 0.2) is 65.6 Å². The van der Waals surface area contributed by atoms with E-state index in [9.17, 15) is 9.18 Å². The smallest absolute Gasteiger partial charge is 0.259 e. The lowest BCUT2D eigenvalue weighted by atomic mass is 9.85. The molecule has 0 saturated carbocycles. The number of imidazole rings is 1. The molecule has 1 amide bonds. The summed E-state index contributed by atoms with van der Waals surface area (Å²) < 4.78 is 21.2. The van der Waals surface area contributed by atoms with Crippen molar-refractivity contribution >= 4 is 17.9 Å². The van der Waals surface area contributed by atoms with Gasteiger partial charge in [0.15, 0.2) is 0 Å². The van der Waals surface area contributed by atoms with Gasteiger partial charge in [-0.2, -0.15) is 0 Å². The minimum atomic E-state index is -0.593. The second-order valence-electron chi connectivity index (χ2n) is 9.74. The third-order valence-corrected chi connectivity index (χ3v) is 7.19. The molecule has 1 unspecified atom stereocenters. The third-order valence-electron chi connectivity index (χ3n) is 7.19. The standard InChI is InChI=1S/C28H30FN5O2/c1-18-16-33(17-31-18)24-11-6-19(15-25(24)36-5)14-22-26(35)34-23(20-7-9-21(29)10-8-20)12-13-30-27(34)32(4)28(22,2)3/h6-11,14-17,23H,12-13H2,1-5H3. The summed E-state index contributed by atoms with van der Waals surface area (Å²) in [5.41, 5.74) is 3.58. The molecule has 0 radical (unpaired) electrons. The van der Waals surface area contributed by atoms with Crippen LogP contribution in [-0.4, -0.2) is 57.5 Å². The highest BCUT2D eigenvalue weighted by Crippen LogP contribution is 2.40. The Morgan fingerprint density at radius 2 is 1.92 bits per heavy atom. The molecule has 2 aliphatic rings. The number of aromatic nitrogens is 2. The second-order valence-corrected chi connectivity index (χ2v) is 9.74. The predicted molar refractivity (Wildman–Crippen MR) is 138 cm³/mol. The first kappa shape index (κ1) is 23.8. The third kappa shape index (κ3) is 3.96. The van der Waals surface area contributed by atoms with Gasteiger partial charge in [0.05, 0.1) is 36.4 Å². The van der Waals surface area contributed by atoms with Crippen molar-refractivity contribution in [3.8, 4) is 11.4 Å².